The van der Waals surface area contributed by atoms with E-state index in [4.69, 9.17) is 0 Å². The Morgan fingerprint density at radius 1 is 1.07 bits per heavy atom. The summed E-state index contributed by atoms with van der Waals surface area (Å²) in [6.07, 6.45) is 18.4. The molecule has 0 aliphatic heterocycles. The van der Waals surface area contributed by atoms with E-state index in [-0.39, 0.29) is 6.10 Å². The van der Waals surface area contributed by atoms with Gasteiger partial charge in [-0.15, -0.1) is 0 Å². The number of hydrogen-bond acceptors (Lipinski definition) is 1. The molecule has 1 N–H and O–H groups in total. The Kier molecular flexibility index (Phi) is 7.73. The third-order valence-corrected chi connectivity index (χ3v) is 9.21. The zero-order valence-corrected chi connectivity index (χ0v) is 19.6. The van der Waals surface area contributed by atoms with Gasteiger partial charge in [0, 0.05) is 0 Å². The molecule has 0 radical (unpaired) electrons. The lowest BCUT2D eigenvalue weighted by atomic mass is 9.58. The molecule has 0 spiro atoms. The first-order valence-corrected chi connectivity index (χ1v) is 12.7. The summed E-state index contributed by atoms with van der Waals surface area (Å²) in [6, 6.07) is 0. The van der Waals surface area contributed by atoms with E-state index in [1.54, 1.807) is 5.57 Å². The van der Waals surface area contributed by atoms with Gasteiger partial charge in [0.25, 0.3) is 0 Å². The van der Waals surface area contributed by atoms with Crippen molar-refractivity contribution in [2.75, 3.05) is 0 Å². The van der Waals surface area contributed by atoms with Gasteiger partial charge in [-0.2, -0.15) is 0 Å². The van der Waals surface area contributed by atoms with E-state index in [0.29, 0.717) is 11.3 Å². The van der Waals surface area contributed by atoms with Gasteiger partial charge in [0.1, 0.15) is 0 Å². The predicted octanol–water partition coefficient (Wildman–Crippen LogP) is 7.78. The smallest absolute Gasteiger partial charge is 0.0723 e. The van der Waals surface area contributed by atoms with Crippen LogP contribution in [0, 0.1) is 40.9 Å². The van der Waals surface area contributed by atoms with Gasteiger partial charge in [-0.3, -0.25) is 0 Å². The minimum atomic E-state index is -0.176. The van der Waals surface area contributed by atoms with Gasteiger partial charge in [0.05, 0.1) is 6.10 Å². The van der Waals surface area contributed by atoms with Crippen molar-refractivity contribution in [1.29, 1.82) is 0 Å². The molecule has 7 unspecified atom stereocenters. The summed E-state index contributed by atoms with van der Waals surface area (Å²) < 4.78 is 0. The normalized spacial score (nSPS) is 39.7. The quantitative estimate of drug-likeness (QED) is 0.421. The molecule has 0 aromatic rings. The van der Waals surface area contributed by atoms with Gasteiger partial charge in [0.2, 0.25) is 0 Å². The van der Waals surface area contributed by atoms with Gasteiger partial charge in [-0.1, -0.05) is 78.4 Å². The zero-order chi connectivity index (χ0) is 20.3. The van der Waals surface area contributed by atoms with Gasteiger partial charge >= 0.3 is 0 Å². The van der Waals surface area contributed by atoms with E-state index in [9.17, 15) is 5.11 Å². The maximum Gasteiger partial charge on any atom is 0.0723 e. The van der Waals surface area contributed by atoms with E-state index in [1.165, 1.54) is 70.6 Å². The molecule has 0 heterocycles. The summed E-state index contributed by atoms with van der Waals surface area (Å²) in [7, 11) is 0. The molecule has 2 fully saturated rings. The van der Waals surface area contributed by atoms with Gasteiger partial charge < -0.3 is 5.11 Å². The van der Waals surface area contributed by atoms with Crippen molar-refractivity contribution in [3.05, 3.63) is 11.6 Å². The summed E-state index contributed by atoms with van der Waals surface area (Å²) in [5.74, 6) is 5.30. The van der Waals surface area contributed by atoms with Crippen molar-refractivity contribution in [2.24, 2.45) is 40.9 Å². The first-order valence-electron chi connectivity index (χ1n) is 12.7. The highest BCUT2D eigenvalue weighted by Gasteiger charge is 2.51. The third kappa shape index (κ3) is 5.05. The lowest BCUT2D eigenvalue weighted by Crippen LogP contribution is -2.39. The Hall–Kier alpha value is -0.300. The van der Waals surface area contributed by atoms with Crippen LogP contribution in [0.4, 0.5) is 0 Å². The molecule has 0 aromatic carbocycles. The van der Waals surface area contributed by atoms with E-state index in [1.807, 2.05) is 0 Å². The van der Waals surface area contributed by atoms with E-state index < -0.39 is 0 Å². The minimum absolute atomic E-state index is 0.176. The summed E-state index contributed by atoms with van der Waals surface area (Å²) in [4.78, 5) is 0. The monoisotopic (exact) mass is 388 g/mol. The van der Waals surface area contributed by atoms with Crippen molar-refractivity contribution in [1.82, 2.24) is 0 Å². The summed E-state index contributed by atoms with van der Waals surface area (Å²) in [5.41, 5.74) is 2.16. The molecular formula is C27H48O. The number of allylic oxidation sites excluding steroid dienone is 1. The highest BCUT2D eigenvalue weighted by Crippen LogP contribution is 2.60. The van der Waals surface area contributed by atoms with Crippen LogP contribution in [0.5, 0.6) is 0 Å². The molecular weight excluding hydrogens is 340 g/mol. The highest BCUT2D eigenvalue weighted by molar-refractivity contribution is 5.13. The number of fused-ring (bicyclic) bond motifs is 1. The van der Waals surface area contributed by atoms with Crippen LogP contribution in [0.25, 0.3) is 0 Å². The molecule has 0 bridgehead atoms. The molecule has 28 heavy (non-hydrogen) atoms. The van der Waals surface area contributed by atoms with Crippen LogP contribution < -0.4 is 0 Å². The van der Waals surface area contributed by atoms with Crippen molar-refractivity contribution < 1.29 is 5.11 Å². The van der Waals surface area contributed by atoms with Crippen LogP contribution in [0.3, 0.4) is 0 Å². The lowest BCUT2D eigenvalue weighted by molar-refractivity contribution is 0.0252. The SMILES string of the molecule is CC(C)CCCC(C)C1CCC2C(CCC3=CC(O)CCC3C)CCCC12C. The Balaban J connectivity index is 1.58. The van der Waals surface area contributed by atoms with Crippen LogP contribution >= 0.6 is 0 Å². The average molecular weight is 389 g/mol. The molecule has 2 saturated carbocycles. The molecule has 3 rings (SSSR count). The molecule has 1 nitrogen and oxygen atoms in total. The number of aliphatic hydroxyl groups excluding tert-OH is 1. The number of aliphatic hydroxyl groups is 1. The number of hydrogen-bond donors (Lipinski definition) is 1. The zero-order valence-electron chi connectivity index (χ0n) is 19.6. The summed E-state index contributed by atoms with van der Waals surface area (Å²) in [6.45, 7) is 12.3. The Morgan fingerprint density at radius 2 is 1.86 bits per heavy atom. The van der Waals surface area contributed by atoms with Gasteiger partial charge in [0.15, 0.2) is 0 Å². The molecule has 3 aliphatic carbocycles. The third-order valence-electron chi connectivity index (χ3n) is 9.21. The Labute approximate surface area is 175 Å². The van der Waals surface area contributed by atoms with Gasteiger partial charge in [-0.05, 0) is 85.9 Å². The van der Waals surface area contributed by atoms with E-state index in [0.717, 1.165) is 36.0 Å². The molecule has 3 aliphatic rings. The fourth-order valence-corrected chi connectivity index (χ4v) is 7.50. The standard InChI is InChI=1S/C27H48O/c1-19(2)8-6-9-21(4)25-15-16-26-22(10-7-17-27(25,26)5)12-13-23-18-24(28)14-11-20(23)3/h18-22,24-26,28H,6-17H2,1-5H3. The highest BCUT2D eigenvalue weighted by atomic mass is 16.3. The first kappa shape index (κ1) is 22.4. The van der Waals surface area contributed by atoms with Gasteiger partial charge in [-0.25, -0.2) is 0 Å². The van der Waals surface area contributed by atoms with Crippen molar-refractivity contribution in [3.63, 3.8) is 0 Å². The second kappa shape index (κ2) is 9.67. The fraction of sp³-hybridized carbons (Fsp3) is 0.926. The summed E-state index contributed by atoms with van der Waals surface area (Å²) in [5, 5.41) is 10.1. The average Bonchev–Trinajstić information content (AvgIpc) is 2.99. The maximum absolute atomic E-state index is 10.1. The van der Waals surface area contributed by atoms with Crippen LogP contribution in [-0.2, 0) is 0 Å². The molecule has 0 aromatic heterocycles. The maximum atomic E-state index is 10.1. The second-order valence-electron chi connectivity index (χ2n) is 11.6. The largest absolute Gasteiger partial charge is 0.389 e. The molecule has 1 heteroatoms. The summed E-state index contributed by atoms with van der Waals surface area (Å²) >= 11 is 0. The first-order chi connectivity index (χ1) is 13.3. The van der Waals surface area contributed by atoms with E-state index >= 15 is 0 Å². The van der Waals surface area contributed by atoms with Crippen LogP contribution in [0.2, 0.25) is 0 Å². The van der Waals surface area contributed by atoms with Crippen LogP contribution in [-0.4, -0.2) is 11.2 Å². The van der Waals surface area contributed by atoms with Crippen LogP contribution in [0.1, 0.15) is 112 Å². The lowest BCUT2D eigenvalue weighted by Gasteiger charge is -2.47. The predicted molar refractivity (Wildman–Crippen MR) is 121 cm³/mol. The molecule has 0 amide bonds. The second-order valence-corrected chi connectivity index (χ2v) is 11.6. The van der Waals surface area contributed by atoms with Crippen molar-refractivity contribution in [3.8, 4) is 0 Å². The molecule has 0 saturated heterocycles. The Bertz CT molecular complexity index is 520. The minimum Gasteiger partial charge on any atom is -0.389 e. The topological polar surface area (TPSA) is 20.2 Å². The van der Waals surface area contributed by atoms with Crippen molar-refractivity contribution in [2.45, 2.75) is 118 Å². The van der Waals surface area contributed by atoms with E-state index in [2.05, 4.69) is 40.7 Å². The number of rotatable bonds is 8. The fourth-order valence-electron chi connectivity index (χ4n) is 7.50. The van der Waals surface area contributed by atoms with Crippen LogP contribution in [0.15, 0.2) is 11.6 Å². The van der Waals surface area contributed by atoms with Crippen molar-refractivity contribution >= 4 is 0 Å². The molecule has 7 atom stereocenters. The Morgan fingerprint density at radius 3 is 2.61 bits per heavy atom. The molecule has 162 valence electrons.